The number of aromatic nitrogens is 5. The first-order chi connectivity index (χ1) is 20.9. The van der Waals surface area contributed by atoms with Gasteiger partial charge in [0.05, 0.1) is 17.9 Å². The molecule has 2 aromatic carbocycles. The van der Waals surface area contributed by atoms with E-state index in [1.165, 1.54) is 12.3 Å². The summed E-state index contributed by atoms with van der Waals surface area (Å²) in [5.74, 6) is -1.11. The Labute approximate surface area is 250 Å². The van der Waals surface area contributed by atoms with Gasteiger partial charge in [0.1, 0.15) is 11.4 Å². The van der Waals surface area contributed by atoms with Gasteiger partial charge < -0.3 is 14.6 Å². The SMILES string of the molecule is O=C(O)c1cn(C2CC2)c2cc(N3CCN(Cn4nc(-c5ccncc5)n(-c5ccccc5)c4=S)CC3)c(F)cc2c1=O. The molecule has 0 spiro atoms. The summed E-state index contributed by atoms with van der Waals surface area (Å²) in [6.45, 7) is 2.90. The topological polar surface area (TPSA) is 101 Å². The molecule has 10 nitrogen and oxygen atoms in total. The van der Waals surface area contributed by atoms with Crippen LogP contribution in [0, 0.1) is 10.6 Å². The normalized spacial score (nSPS) is 15.7. The second kappa shape index (κ2) is 10.9. The predicted molar refractivity (Wildman–Crippen MR) is 163 cm³/mol. The number of aromatic carboxylic acids is 1. The Balaban J connectivity index is 1.15. The van der Waals surface area contributed by atoms with Crippen LogP contribution in [0.25, 0.3) is 28.0 Å². The van der Waals surface area contributed by atoms with E-state index in [0.29, 0.717) is 48.8 Å². The molecular weight excluding hydrogens is 569 g/mol. The van der Waals surface area contributed by atoms with Crippen molar-refractivity contribution in [1.82, 2.24) is 28.8 Å². The summed E-state index contributed by atoms with van der Waals surface area (Å²) < 4.78 is 21.6. The van der Waals surface area contributed by atoms with Gasteiger partial charge in [-0.2, -0.15) is 0 Å². The summed E-state index contributed by atoms with van der Waals surface area (Å²) >= 11 is 5.90. The van der Waals surface area contributed by atoms with Crippen LogP contribution in [0.15, 0.2) is 78.0 Å². The molecule has 2 aliphatic rings. The lowest BCUT2D eigenvalue weighted by Crippen LogP contribution is -2.47. The molecule has 1 N–H and O–H groups in total. The quantitative estimate of drug-likeness (QED) is 0.269. The number of piperazine rings is 1. The van der Waals surface area contributed by atoms with E-state index >= 15 is 4.39 Å². The van der Waals surface area contributed by atoms with Crippen molar-refractivity contribution in [2.45, 2.75) is 25.6 Å². The van der Waals surface area contributed by atoms with Crippen LogP contribution in [0.1, 0.15) is 29.2 Å². The zero-order valence-electron chi connectivity index (χ0n) is 23.1. The number of hydrogen-bond acceptors (Lipinski definition) is 7. The van der Waals surface area contributed by atoms with Crippen LogP contribution in [0.3, 0.4) is 0 Å². The molecule has 218 valence electrons. The molecule has 0 radical (unpaired) electrons. The lowest BCUT2D eigenvalue weighted by molar-refractivity contribution is 0.0695. The molecule has 1 saturated heterocycles. The standard InChI is InChI=1S/C31H28FN7O3S/c32-25-16-23-26(37(21-6-7-21)18-24(28(23)40)30(41)42)17-27(25)36-14-12-35(13-15-36)19-38-31(43)39(22-4-2-1-3-5-22)29(34-38)20-8-10-33-11-9-20/h1-5,8-11,16-18,21H,6-7,12-15,19H2,(H,41,42). The maximum absolute atomic E-state index is 15.4. The van der Waals surface area contributed by atoms with Crippen LogP contribution in [-0.2, 0) is 6.67 Å². The maximum atomic E-state index is 15.4. The summed E-state index contributed by atoms with van der Waals surface area (Å²) in [7, 11) is 0. The number of pyridine rings is 2. The molecule has 0 amide bonds. The Morgan fingerprint density at radius 2 is 1.74 bits per heavy atom. The fourth-order valence-corrected chi connectivity index (χ4v) is 6.02. The van der Waals surface area contributed by atoms with Crippen LogP contribution in [0.2, 0.25) is 0 Å². The van der Waals surface area contributed by atoms with E-state index < -0.39 is 17.2 Å². The van der Waals surface area contributed by atoms with Gasteiger partial charge in [-0.3, -0.25) is 19.2 Å². The summed E-state index contributed by atoms with van der Waals surface area (Å²) in [5, 5.41) is 14.5. The number of rotatable bonds is 7. The highest BCUT2D eigenvalue weighted by atomic mass is 32.1. The number of para-hydroxylation sites is 1. The highest BCUT2D eigenvalue weighted by Gasteiger charge is 2.29. The van der Waals surface area contributed by atoms with Gasteiger partial charge in [-0.25, -0.2) is 13.9 Å². The third kappa shape index (κ3) is 5.02. The number of halogens is 1. The van der Waals surface area contributed by atoms with Crippen LogP contribution in [-0.4, -0.2) is 66.1 Å². The molecule has 1 saturated carbocycles. The molecule has 0 unspecified atom stereocenters. The number of carboxylic acid groups (broad SMARTS) is 1. The monoisotopic (exact) mass is 597 g/mol. The van der Waals surface area contributed by atoms with Crippen molar-refractivity contribution in [3.05, 3.63) is 99.6 Å². The lowest BCUT2D eigenvalue weighted by atomic mass is 10.1. The molecular formula is C31H28FN7O3S. The molecule has 3 aromatic heterocycles. The minimum Gasteiger partial charge on any atom is -0.477 e. The molecule has 0 bridgehead atoms. The van der Waals surface area contributed by atoms with Crippen molar-refractivity contribution < 1.29 is 14.3 Å². The minimum absolute atomic E-state index is 0.0973. The Kier molecular flexibility index (Phi) is 6.86. The van der Waals surface area contributed by atoms with Crippen LogP contribution < -0.4 is 10.3 Å². The van der Waals surface area contributed by atoms with Crippen molar-refractivity contribution >= 4 is 34.8 Å². The molecule has 7 rings (SSSR count). The second-order valence-corrected chi connectivity index (χ2v) is 11.3. The molecule has 43 heavy (non-hydrogen) atoms. The van der Waals surface area contributed by atoms with Gasteiger partial charge in [-0.05, 0) is 61.5 Å². The summed E-state index contributed by atoms with van der Waals surface area (Å²) in [4.78, 5) is 32.9. The van der Waals surface area contributed by atoms with Gasteiger partial charge in [-0.1, -0.05) is 18.2 Å². The zero-order valence-corrected chi connectivity index (χ0v) is 24.0. The van der Waals surface area contributed by atoms with E-state index in [9.17, 15) is 14.7 Å². The Hall–Kier alpha value is -4.68. The predicted octanol–water partition coefficient (Wildman–Crippen LogP) is 4.73. The van der Waals surface area contributed by atoms with Crippen molar-refractivity contribution in [1.29, 1.82) is 0 Å². The number of hydrogen-bond donors (Lipinski definition) is 1. The van der Waals surface area contributed by atoms with E-state index in [1.807, 2.05) is 61.2 Å². The number of carbonyl (C=O) groups is 1. The third-order valence-corrected chi connectivity index (χ3v) is 8.50. The molecule has 1 aliphatic carbocycles. The number of carboxylic acids is 1. The fraction of sp³-hybridized carbons (Fsp3) is 0.258. The highest BCUT2D eigenvalue weighted by Crippen LogP contribution is 2.38. The number of anilines is 1. The Bertz CT molecular complexity index is 1960. The van der Waals surface area contributed by atoms with Crippen LogP contribution in [0.4, 0.5) is 10.1 Å². The summed E-state index contributed by atoms with van der Waals surface area (Å²) in [5.41, 5.74) is 1.81. The lowest BCUT2D eigenvalue weighted by Gasteiger charge is -2.36. The van der Waals surface area contributed by atoms with Crippen molar-refractivity contribution in [3.8, 4) is 17.1 Å². The van der Waals surface area contributed by atoms with Crippen molar-refractivity contribution in [3.63, 3.8) is 0 Å². The van der Waals surface area contributed by atoms with E-state index in [4.69, 9.17) is 17.3 Å². The van der Waals surface area contributed by atoms with Gasteiger partial charge in [-0.15, -0.1) is 5.10 Å². The molecule has 2 fully saturated rings. The van der Waals surface area contributed by atoms with Gasteiger partial charge in [0, 0.05) is 67.4 Å². The molecule has 5 aromatic rings. The van der Waals surface area contributed by atoms with E-state index in [1.54, 1.807) is 18.5 Å². The second-order valence-electron chi connectivity index (χ2n) is 10.9. The zero-order chi connectivity index (χ0) is 29.7. The van der Waals surface area contributed by atoms with Crippen LogP contribution in [0.5, 0.6) is 0 Å². The highest BCUT2D eigenvalue weighted by molar-refractivity contribution is 7.71. The third-order valence-electron chi connectivity index (χ3n) is 8.11. The molecule has 1 aliphatic heterocycles. The first-order valence-electron chi connectivity index (χ1n) is 14.1. The molecule has 4 heterocycles. The largest absolute Gasteiger partial charge is 0.477 e. The Morgan fingerprint density at radius 3 is 2.42 bits per heavy atom. The van der Waals surface area contributed by atoms with Crippen LogP contribution >= 0.6 is 12.2 Å². The smallest absolute Gasteiger partial charge is 0.341 e. The average Bonchev–Trinajstić information content (AvgIpc) is 3.82. The average molecular weight is 598 g/mol. The van der Waals surface area contributed by atoms with Gasteiger partial charge in [0.15, 0.2) is 5.82 Å². The van der Waals surface area contributed by atoms with E-state index in [-0.39, 0.29) is 17.0 Å². The number of fused-ring (bicyclic) bond motifs is 1. The van der Waals surface area contributed by atoms with Crippen molar-refractivity contribution in [2.24, 2.45) is 0 Å². The minimum atomic E-state index is -1.30. The van der Waals surface area contributed by atoms with Crippen molar-refractivity contribution in [2.75, 3.05) is 31.1 Å². The first kappa shape index (κ1) is 27.2. The first-order valence-corrected chi connectivity index (χ1v) is 14.5. The van der Waals surface area contributed by atoms with Gasteiger partial charge in [0.2, 0.25) is 10.2 Å². The summed E-state index contributed by atoms with van der Waals surface area (Å²) in [6.07, 6.45) is 6.66. The number of benzene rings is 2. The molecule has 0 atom stereocenters. The van der Waals surface area contributed by atoms with Gasteiger partial charge in [0.25, 0.3) is 0 Å². The molecule has 12 heteroatoms. The Morgan fingerprint density at radius 1 is 1.02 bits per heavy atom. The van der Waals surface area contributed by atoms with Gasteiger partial charge >= 0.3 is 5.97 Å². The van der Waals surface area contributed by atoms with E-state index in [2.05, 4.69) is 9.88 Å². The summed E-state index contributed by atoms with van der Waals surface area (Å²) in [6, 6.07) is 16.7. The fourth-order valence-electron chi connectivity index (χ4n) is 5.73. The number of nitrogens with zero attached hydrogens (tertiary/aromatic N) is 7. The van der Waals surface area contributed by atoms with E-state index in [0.717, 1.165) is 29.9 Å². The maximum Gasteiger partial charge on any atom is 0.341 e.